The van der Waals surface area contributed by atoms with E-state index < -0.39 is 0 Å². The summed E-state index contributed by atoms with van der Waals surface area (Å²) < 4.78 is 0. The summed E-state index contributed by atoms with van der Waals surface area (Å²) >= 11 is 17.9. The molecule has 0 aliphatic carbocycles. The van der Waals surface area contributed by atoms with Crippen LogP contribution >= 0.6 is 34.8 Å². The van der Waals surface area contributed by atoms with Crippen molar-refractivity contribution >= 4 is 46.4 Å². The van der Waals surface area contributed by atoms with E-state index in [-0.39, 0.29) is 11.8 Å². The van der Waals surface area contributed by atoms with E-state index in [0.717, 1.165) is 37.5 Å². The molecular weight excluding hydrogens is 379 g/mol. The Kier molecular flexibility index (Phi) is 6.24. The number of nitrogens with one attached hydrogen (secondary N) is 1. The first kappa shape index (κ1) is 18.5. The number of piperidine rings is 1. The van der Waals surface area contributed by atoms with E-state index in [0.29, 0.717) is 15.7 Å². The summed E-state index contributed by atoms with van der Waals surface area (Å²) in [6.07, 6.45) is 1.68. The van der Waals surface area contributed by atoms with E-state index in [1.165, 1.54) is 5.56 Å². The lowest BCUT2D eigenvalue weighted by molar-refractivity contribution is -0.121. The Labute approximate surface area is 162 Å². The van der Waals surface area contributed by atoms with Gasteiger partial charge in [0.2, 0.25) is 5.91 Å². The van der Waals surface area contributed by atoms with E-state index in [2.05, 4.69) is 10.2 Å². The van der Waals surface area contributed by atoms with Crippen LogP contribution in [0.4, 0.5) is 5.69 Å². The second kappa shape index (κ2) is 8.41. The van der Waals surface area contributed by atoms with Crippen LogP contribution in [0, 0.1) is 5.92 Å². The maximum Gasteiger partial charge on any atom is 0.227 e. The molecule has 3 nitrogen and oxygen atoms in total. The highest BCUT2D eigenvalue weighted by atomic mass is 35.5. The van der Waals surface area contributed by atoms with Gasteiger partial charge in [0.25, 0.3) is 0 Å². The van der Waals surface area contributed by atoms with Gasteiger partial charge in [0, 0.05) is 22.5 Å². The van der Waals surface area contributed by atoms with Gasteiger partial charge in [-0.15, -0.1) is 0 Å². The number of benzene rings is 2. The van der Waals surface area contributed by atoms with Gasteiger partial charge in [0.05, 0.1) is 10.7 Å². The fourth-order valence-corrected chi connectivity index (χ4v) is 3.61. The van der Waals surface area contributed by atoms with Crippen molar-refractivity contribution in [1.29, 1.82) is 0 Å². The molecule has 25 heavy (non-hydrogen) atoms. The summed E-state index contributed by atoms with van der Waals surface area (Å²) in [6, 6.07) is 13.0. The fraction of sp³-hybridized carbons (Fsp3) is 0.316. The van der Waals surface area contributed by atoms with E-state index in [1.807, 2.05) is 24.3 Å². The first-order valence-electron chi connectivity index (χ1n) is 8.24. The van der Waals surface area contributed by atoms with Gasteiger partial charge in [-0.25, -0.2) is 0 Å². The second-order valence-corrected chi connectivity index (χ2v) is 7.57. The van der Waals surface area contributed by atoms with Crippen LogP contribution in [0.25, 0.3) is 0 Å². The van der Waals surface area contributed by atoms with Crippen LogP contribution in [0.15, 0.2) is 42.5 Å². The summed E-state index contributed by atoms with van der Waals surface area (Å²) in [4.78, 5) is 14.8. The highest BCUT2D eigenvalue weighted by molar-refractivity contribution is 6.36. The fourth-order valence-electron chi connectivity index (χ4n) is 3.03. The molecule has 1 heterocycles. The van der Waals surface area contributed by atoms with Crippen molar-refractivity contribution < 1.29 is 4.79 Å². The third-order valence-corrected chi connectivity index (χ3v) is 5.27. The number of carbonyl (C=O) groups is 1. The third kappa shape index (κ3) is 5.11. The smallest absolute Gasteiger partial charge is 0.227 e. The minimum absolute atomic E-state index is 0.00760. The minimum atomic E-state index is 0.00760. The lowest BCUT2D eigenvalue weighted by Crippen LogP contribution is -2.37. The summed E-state index contributed by atoms with van der Waals surface area (Å²) in [6.45, 7) is 2.68. The van der Waals surface area contributed by atoms with Crippen molar-refractivity contribution in [3.63, 3.8) is 0 Å². The van der Waals surface area contributed by atoms with Gasteiger partial charge in [0.15, 0.2) is 0 Å². The Morgan fingerprint density at radius 1 is 1.00 bits per heavy atom. The average molecular weight is 398 g/mol. The number of likely N-dealkylation sites (tertiary alicyclic amines) is 1. The van der Waals surface area contributed by atoms with Gasteiger partial charge in [-0.3, -0.25) is 9.69 Å². The number of amides is 1. The maximum atomic E-state index is 12.5. The average Bonchev–Trinajstić information content (AvgIpc) is 2.60. The van der Waals surface area contributed by atoms with Crippen molar-refractivity contribution in [1.82, 2.24) is 4.90 Å². The normalized spacial score (nSPS) is 16.0. The molecule has 1 amide bonds. The molecule has 0 saturated carbocycles. The first-order valence-corrected chi connectivity index (χ1v) is 9.37. The summed E-state index contributed by atoms with van der Waals surface area (Å²) in [7, 11) is 0. The zero-order valence-corrected chi connectivity index (χ0v) is 15.9. The van der Waals surface area contributed by atoms with Crippen LogP contribution in [0.5, 0.6) is 0 Å². The number of anilines is 1. The quantitative estimate of drug-likeness (QED) is 0.739. The molecule has 0 atom stereocenters. The second-order valence-electron chi connectivity index (χ2n) is 6.29. The van der Waals surface area contributed by atoms with E-state index >= 15 is 0 Å². The molecule has 3 rings (SSSR count). The molecule has 2 aromatic rings. The minimum Gasteiger partial charge on any atom is -0.325 e. The molecule has 1 aliphatic rings. The van der Waals surface area contributed by atoms with Gasteiger partial charge >= 0.3 is 0 Å². The zero-order valence-electron chi connectivity index (χ0n) is 13.6. The van der Waals surface area contributed by atoms with Crippen molar-refractivity contribution in [2.75, 3.05) is 18.4 Å². The standard InChI is InChI=1S/C19H19Cl3N2O/c20-15-3-1-13(2-4-15)12-24-9-7-14(8-10-24)19(25)23-18-6-5-16(21)11-17(18)22/h1-6,11,14H,7-10,12H2,(H,23,25). The van der Waals surface area contributed by atoms with Crippen molar-refractivity contribution in [3.05, 3.63) is 63.1 Å². The zero-order chi connectivity index (χ0) is 17.8. The number of hydrogen-bond acceptors (Lipinski definition) is 2. The van der Waals surface area contributed by atoms with E-state index in [1.54, 1.807) is 18.2 Å². The highest BCUT2D eigenvalue weighted by Gasteiger charge is 2.25. The van der Waals surface area contributed by atoms with E-state index in [9.17, 15) is 4.79 Å². The summed E-state index contributed by atoms with van der Waals surface area (Å²) in [5, 5.41) is 4.68. The molecule has 0 radical (unpaired) electrons. The largest absolute Gasteiger partial charge is 0.325 e. The van der Waals surface area contributed by atoms with Crippen LogP contribution < -0.4 is 5.32 Å². The molecule has 0 aromatic heterocycles. The molecule has 6 heteroatoms. The molecule has 0 bridgehead atoms. The molecule has 1 fully saturated rings. The first-order chi connectivity index (χ1) is 12.0. The molecule has 1 N–H and O–H groups in total. The van der Waals surface area contributed by atoms with Crippen molar-refractivity contribution in [3.8, 4) is 0 Å². The Balaban J connectivity index is 1.51. The number of hydrogen-bond donors (Lipinski definition) is 1. The van der Waals surface area contributed by atoms with Crippen LogP contribution in [-0.2, 0) is 11.3 Å². The van der Waals surface area contributed by atoms with Crippen LogP contribution in [0.2, 0.25) is 15.1 Å². The van der Waals surface area contributed by atoms with Crippen LogP contribution in [-0.4, -0.2) is 23.9 Å². The van der Waals surface area contributed by atoms with Crippen LogP contribution in [0.1, 0.15) is 18.4 Å². The third-order valence-electron chi connectivity index (χ3n) is 4.47. The van der Waals surface area contributed by atoms with Gasteiger partial charge in [-0.05, 0) is 61.8 Å². The lowest BCUT2D eigenvalue weighted by Gasteiger charge is -2.31. The van der Waals surface area contributed by atoms with Gasteiger partial charge < -0.3 is 5.32 Å². The SMILES string of the molecule is O=C(Nc1ccc(Cl)cc1Cl)C1CCN(Cc2ccc(Cl)cc2)CC1. The van der Waals surface area contributed by atoms with Gasteiger partial charge in [0.1, 0.15) is 0 Å². The van der Waals surface area contributed by atoms with Gasteiger partial charge in [-0.1, -0.05) is 46.9 Å². The van der Waals surface area contributed by atoms with Crippen molar-refractivity contribution in [2.45, 2.75) is 19.4 Å². The van der Waals surface area contributed by atoms with E-state index in [4.69, 9.17) is 34.8 Å². The summed E-state index contributed by atoms with van der Waals surface area (Å²) in [5.74, 6) is 0.0311. The molecule has 2 aromatic carbocycles. The number of carbonyl (C=O) groups excluding carboxylic acids is 1. The number of rotatable bonds is 4. The topological polar surface area (TPSA) is 32.3 Å². The molecule has 0 unspecified atom stereocenters. The predicted octanol–water partition coefficient (Wildman–Crippen LogP) is 5.50. The van der Waals surface area contributed by atoms with Crippen molar-refractivity contribution in [2.24, 2.45) is 5.92 Å². The number of halogens is 3. The molecule has 0 spiro atoms. The molecule has 1 saturated heterocycles. The summed E-state index contributed by atoms with van der Waals surface area (Å²) in [5.41, 5.74) is 1.85. The Hall–Kier alpha value is -1.26. The maximum absolute atomic E-state index is 12.5. The molecule has 1 aliphatic heterocycles. The lowest BCUT2D eigenvalue weighted by atomic mass is 9.95. The number of nitrogens with zero attached hydrogens (tertiary/aromatic N) is 1. The highest BCUT2D eigenvalue weighted by Crippen LogP contribution is 2.27. The predicted molar refractivity (Wildman–Crippen MR) is 105 cm³/mol. The Morgan fingerprint density at radius 2 is 1.64 bits per heavy atom. The monoisotopic (exact) mass is 396 g/mol. The van der Waals surface area contributed by atoms with Crippen LogP contribution in [0.3, 0.4) is 0 Å². The Bertz CT molecular complexity index is 741. The Morgan fingerprint density at radius 3 is 2.28 bits per heavy atom. The van der Waals surface area contributed by atoms with Gasteiger partial charge in [-0.2, -0.15) is 0 Å². The molecule has 132 valence electrons. The molecular formula is C19H19Cl3N2O.